The van der Waals surface area contributed by atoms with Gasteiger partial charge < -0.3 is 10.6 Å². The van der Waals surface area contributed by atoms with E-state index in [1.165, 1.54) is 0 Å². The molecule has 1 aromatic carbocycles. The molecule has 2 rings (SSSR count). The number of anilines is 1. The van der Waals surface area contributed by atoms with Gasteiger partial charge in [0.05, 0.1) is 17.7 Å². The lowest BCUT2D eigenvalue weighted by Crippen LogP contribution is -2.30. The highest BCUT2D eigenvalue weighted by Crippen LogP contribution is 2.16. The van der Waals surface area contributed by atoms with Gasteiger partial charge in [-0.25, -0.2) is 4.98 Å². The predicted octanol–water partition coefficient (Wildman–Crippen LogP) is 3.20. The normalized spacial score (nSPS) is 10.6. The second-order valence-corrected chi connectivity index (χ2v) is 5.71. The Morgan fingerprint density at radius 1 is 1.40 bits per heavy atom. The Morgan fingerprint density at radius 2 is 2.20 bits per heavy atom. The Bertz CT molecular complexity index is 579. The Morgan fingerprint density at radius 3 is 2.80 bits per heavy atom. The quantitative estimate of drug-likeness (QED) is 0.888. The van der Waals surface area contributed by atoms with E-state index in [4.69, 9.17) is 0 Å². The van der Waals surface area contributed by atoms with Gasteiger partial charge in [0.2, 0.25) is 0 Å². The number of thiazole rings is 1. The summed E-state index contributed by atoms with van der Waals surface area (Å²) in [5, 5.41) is 8.23. The zero-order valence-electron chi connectivity index (χ0n) is 11.9. The van der Waals surface area contributed by atoms with Crippen molar-refractivity contribution in [1.82, 2.24) is 10.3 Å². The predicted molar refractivity (Wildman–Crippen MR) is 83.2 cm³/mol. The molecule has 2 N–H and O–H groups in total. The van der Waals surface area contributed by atoms with Crippen molar-refractivity contribution in [3.8, 4) is 0 Å². The molecule has 0 atom stereocenters. The van der Waals surface area contributed by atoms with Crippen LogP contribution < -0.4 is 10.6 Å². The monoisotopic (exact) mass is 289 g/mol. The van der Waals surface area contributed by atoms with Crippen LogP contribution in [-0.2, 0) is 6.54 Å². The topological polar surface area (TPSA) is 54.0 Å². The number of hydrogen-bond acceptors (Lipinski definition) is 4. The van der Waals surface area contributed by atoms with Crippen LogP contribution in [0.4, 0.5) is 5.69 Å². The number of rotatable bonds is 5. The molecule has 1 heterocycles. The summed E-state index contributed by atoms with van der Waals surface area (Å²) < 4.78 is 0. The van der Waals surface area contributed by atoms with Crippen LogP contribution in [0.3, 0.4) is 0 Å². The molecule has 0 fully saturated rings. The van der Waals surface area contributed by atoms with E-state index in [1.54, 1.807) is 11.3 Å². The summed E-state index contributed by atoms with van der Waals surface area (Å²) in [5.74, 6) is -0.0245. The molecule has 106 valence electrons. The standard InChI is InChI=1S/C15H19N3OS/c1-10(2)18-15(19)14-5-4-12(6-11(14)3)16-7-13-8-20-9-17-13/h4-6,8-10,16H,7H2,1-3H3,(H,18,19). The fourth-order valence-corrected chi connectivity index (χ4v) is 2.44. The minimum atomic E-state index is -0.0245. The fourth-order valence-electron chi connectivity index (χ4n) is 1.89. The van der Waals surface area contributed by atoms with E-state index >= 15 is 0 Å². The number of amides is 1. The number of hydrogen-bond donors (Lipinski definition) is 2. The average Bonchev–Trinajstić information content (AvgIpc) is 2.88. The van der Waals surface area contributed by atoms with Gasteiger partial charge >= 0.3 is 0 Å². The molecule has 0 aliphatic heterocycles. The molecule has 0 unspecified atom stereocenters. The summed E-state index contributed by atoms with van der Waals surface area (Å²) >= 11 is 1.59. The van der Waals surface area contributed by atoms with Gasteiger partial charge in [-0.3, -0.25) is 4.79 Å². The number of aryl methyl sites for hydroxylation is 1. The summed E-state index contributed by atoms with van der Waals surface area (Å²) in [7, 11) is 0. The van der Waals surface area contributed by atoms with Crippen LogP contribution in [0.1, 0.15) is 35.5 Å². The maximum atomic E-state index is 12.0. The van der Waals surface area contributed by atoms with Crippen molar-refractivity contribution in [3.05, 3.63) is 45.9 Å². The van der Waals surface area contributed by atoms with Crippen LogP contribution in [0.2, 0.25) is 0 Å². The number of nitrogens with zero attached hydrogens (tertiary/aromatic N) is 1. The maximum absolute atomic E-state index is 12.0. The number of aromatic nitrogens is 1. The highest BCUT2D eigenvalue weighted by molar-refractivity contribution is 7.07. The lowest BCUT2D eigenvalue weighted by atomic mass is 10.1. The Balaban J connectivity index is 2.03. The summed E-state index contributed by atoms with van der Waals surface area (Å²) in [4.78, 5) is 16.2. The van der Waals surface area contributed by atoms with Gasteiger partial charge in [0.1, 0.15) is 0 Å². The first-order chi connectivity index (χ1) is 9.56. The molecule has 1 amide bonds. The molecular weight excluding hydrogens is 270 g/mol. The summed E-state index contributed by atoms with van der Waals surface area (Å²) in [6.07, 6.45) is 0. The number of nitrogens with one attached hydrogen (secondary N) is 2. The van der Waals surface area contributed by atoms with Gasteiger partial charge in [-0.15, -0.1) is 11.3 Å². The van der Waals surface area contributed by atoms with E-state index in [2.05, 4.69) is 15.6 Å². The SMILES string of the molecule is Cc1cc(NCc2cscn2)ccc1C(=O)NC(C)C. The molecule has 20 heavy (non-hydrogen) atoms. The molecule has 0 aliphatic rings. The van der Waals surface area contributed by atoms with Gasteiger partial charge in [-0.2, -0.15) is 0 Å². The molecular formula is C15H19N3OS. The zero-order valence-corrected chi connectivity index (χ0v) is 12.8. The van der Waals surface area contributed by atoms with Crippen LogP contribution >= 0.6 is 11.3 Å². The summed E-state index contributed by atoms with van der Waals surface area (Å²) in [5.41, 5.74) is 5.52. The van der Waals surface area contributed by atoms with Crippen LogP contribution in [-0.4, -0.2) is 16.9 Å². The molecule has 1 aromatic heterocycles. The van der Waals surface area contributed by atoms with Crippen molar-refractivity contribution in [3.63, 3.8) is 0 Å². The van der Waals surface area contributed by atoms with E-state index in [9.17, 15) is 4.79 Å². The lowest BCUT2D eigenvalue weighted by Gasteiger charge is -2.12. The second kappa shape index (κ2) is 6.52. The summed E-state index contributed by atoms with van der Waals surface area (Å²) in [6.45, 7) is 6.55. The first-order valence-corrected chi connectivity index (χ1v) is 7.53. The van der Waals surface area contributed by atoms with E-state index in [-0.39, 0.29) is 11.9 Å². The van der Waals surface area contributed by atoms with Gasteiger partial charge in [0.25, 0.3) is 5.91 Å². The fraction of sp³-hybridized carbons (Fsp3) is 0.333. The Labute approximate surface area is 123 Å². The lowest BCUT2D eigenvalue weighted by molar-refractivity contribution is 0.0942. The Kier molecular flexibility index (Phi) is 4.74. The maximum Gasteiger partial charge on any atom is 0.251 e. The molecule has 4 nitrogen and oxygen atoms in total. The third kappa shape index (κ3) is 3.81. The van der Waals surface area contributed by atoms with E-state index in [0.29, 0.717) is 6.54 Å². The third-order valence-corrected chi connectivity index (χ3v) is 3.48. The second-order valence-electron chi connectivity index (χ2n) is 4.99. The molecule has 2 aromatic rings. The molecule has 0 spiro atoms. The minimum Gasteiger partial charge on any atom is -0.379 e. The van der Waals surface area contributed by atoms with Crippen molar-refractivity contribution in [2.45, 2.75) is 33.4 Å². The van der Waals surface area contributed by atoms with Gasteiger partial charge in [-0.05, 0) is 44.5 Å². The van der Waals surface area contributed by atoms with Crippen LogP contribution in [0.25, 0.3) is 0 Å². The highest BCUT2D eigenvalue weighted by atomic mass is 32.1. The van der Waals surface area contributed by atoms with Crippen molar-refractivity contribution >= 4 is 22.9 Å². The van der Waals surface area contributed by atoms with Gasteiger partial charge in [0, 0.05) is 22.7 Å². The number of carbonyl (C=O) groups is 1. The van der Waals surface area contributed by atoms with Crippen molar-refractivity contribution in [2.75, 3.05) is 5.32 Å². The van der Waals surface area contributed by atoms with Crippen LogP contribution in [0.15, 0.2) is 29.1 Å². The van der Waals surface area contributed by atoms with E-state index in [1.807, 2.05) is 49.9 Å². The van der Waals surface area contributed by atoms with E-state index in [0.717, 1.165) is 22.5 Å². The highest BCUT2D eigenvalue weighted by Gasteiger charge is 2.10. The molecule has 0 bridgehead atoms. The average molecular weight is 289 g/mol. The first-order valence-electron chi connectivity index (χ1n) is 6.58. The molecule has 0 saturated carbocycles. The molecule has 0 radical (unpaired) electrons. The molecule has 5 heteroatoms. The Hall–Kier alpha value is -1.88. The number of carbonyl (C=O) groups excluding carboxylic acids is 1. The smallest absolute Gasteiger partial charge is 0.251 e. The van der Waals surface area contributed by atoms with Crippen molar-refractivity contribution in [1.29, 1.82) is 0 Å². The third-order valence-electron chi connectivity index (χ3n) is 2.85. The zero-order chi connectivity index (χ0) is 14.5. The number of benzene rings is 1. The van der Waals surface area contributed by atoms with Crippen LogP contribution in [0.5, 0.6) is 0 Å². The van der Waals surface area contributed by atoms with Gasteiger partial charge in [0.15, 0.2) is 0 Å². The van der Waals surface area contributed by atoms with Gasteiger partial charge in [-0.1, -0.05) is 0 Å². The molecule has 0 aliphatic carbocycles. The largest absolute Gasteiger partial charge is 0.379 e. The minimum absolute atomic E-state index is 0.0245. The summed E-state index contributed by atoms with van der Waals surface area (Å²) in [6, 6.07) is 5.91. The van der Waals surface area contributed by atoms with E-state index < -0.39 is 0 Å². The van der Waals surface area contributed by atoms with Crippen molar-refractivity contribution in [2.24, 2.45) is 0 Å². The first kappa shape index (κ1) is 14.5. The van der Waals surface area contributed by atoms with Crippen molar-refractivity contribution < 1.29 is 4.79 Å². The molecule has 0 saturated heterocycles. The van der Waals surface area contributed by atoms with Crippen LogP contribution in [0, 0.1) is 6.92 Å².